The summed E-state index contributed by atoms with van der Waals surface area (Å²) in [6.07, 6.45) is 3.28. The van der Waals surface area contributed by atoms with Gasteiger partial charge in [0.05, 0.1) is 12.7 Å². The highest BCUT2D eigenvalue weighted by molar-refractivity contribution is 5.00. The predicted molar refractivity (Wildman–Crippen MR) is 44.3 cm³/mol. The van der Waals surface area contributed by atoms with Gasteiger partial charge in [-0.1, -0.05) is 6.08 Å². The molecule has 64 valence electrons. The van der Waals surface area contributed by atoms with Crippen LogP contribution in [0.5, 0.6) is 0 Å². The van der Waals surface area contributed by atoms with Crippen molar-refractivity contribution in [3.05, 3.63) is 11.6 Å². The van der Waals surface area contributed by atoms with Crippen LogP contribution in [-0.4, -0.2) is 19.0 Å². The van der Waals surface area contributed by atoms with Gasteiger partial charge < -0.3 is 9.47 Å². The summed E-state index contributed by atoms with van der Waals surface area (Å²) in [5, 5.41) is 0. The highest BCUT2D eigenvalue weighted by Crippen LogP contribution is 2.17. The zero-order valence-corrected chi connectivity index (χ0v) is 7.46. The second kappa shape index (κ2) is 3.88. The summed E-state index contributed by atoms with van der Waals surface area (Å²) in [6.45, 7) is 6.93. The van der Waals surface area contributed by atoms with Crippen LogP contribution in [0.25, 0.3) is 0 Å². The molecule has 2 nitrogen and oxygen atoms in total. The molecule has 1 heterocycles. The molecule has 1 fully saturated rings. The molecule has 0 aromatic carbocycles. The molecule has 0 bridgehead atoms. The van der Waals surface area contributed by atoms with Crippen LogP contribution in [0.3, 0.4) is 0 Å². The van der Waals surface area contributed by atoms with E-state index in [0.29, 0.717) is 6.10 Å². The van der Waals surface area contributed by atoms with E-state index < -0.39 is 0 Å². The molecular weight excluding hydrogens is 140 g/mol. The van der Waals surface area contributed by atoms with Crippen LogP contribution >= 0.6 is 0 Å². The molecule has 11 heavy (non-hydrogen) atoms. The third-order valence-corrected chi connectivity index (χ3v) is 1.98. The molecule has 0 aromatic heterocycles. The van der Waals surface area contributed by atoms with Gasteiger partial charge in [0.2, 0.25) is 0 Å². The number of rotatable bonds is 1. The molecule has 1 saturated heterocycles. The van der Waals surface area contributed by atoms with E-state index in [4.69, 9.17) is 9.47 Å². The molecule has 0 amide bonds. The van der Waals surface area contributed by atoms with Crippen molar-refractivity contribution < 1.29 is 9.47 Å². The van der Waals surface area contributed by atoms with E-state index in [1.807, 2.05) is 19.9 Å². The van der Waals surface area contributed by atoms with Crippen LogP contribution < -0.4 is 0 Å². The molecule has 0 saturated carbocycles. The van der Waals surface area contributed by atoms with Gasteiger partial charge in [0.25, 0.3) is 0 Å². The van der Waals surface area contributed by atoms with E-state index in [1.165, 1.54) is 0 Å². The molecule has 0 aliphatic carbocycles. The largest absolute Gasteiger partial charge is 0.349 e. The summed E-state index contributed by atoms with van der Waals surface area (Å²) < 4.78 is 11.0. The fourth-order valence-electron chi connectivity index (χ4n) is 1.03. The lowest BCUT2D eigenvalue weighted by molar-refractivity contribution is -0.187. The van der Waals surface area contributed by atoms with Crippen molar-refractivity contribution in [3.8, 4) is 0 Å². The van der Waals surface area contributed by atoms with Gasteiger partial charge in [0.15, 0.2) is 6.29 Å². The molecule has 0 N–H and O–H groups in total. The second-order valence-corrected chi connectivity index (χ2v) is 2.97. The summed E-state index contributed by atoms with van der Waals surface area (Å²) >= 11 is 0. The van der Waals surface area contributed by atoms with Gasteiger partial charge in [0.1, 0.15) is 0 Å². The Kier molecular flexibility index (Phi) is 3.09. The smallest absolute Gasteiger partial charge is 0.179 e. The predicted octanol–water partition coefficient (Wildman–Crippen LogP) is 2.10. The van der Waals surface area contributed by atoms with Gasteiger partial charge in [-0.25, -0.2) is 0 Å². The second-order valence-electron chi connectivity index (χ2n) is 2.97. The molecule has 1 aliphatic heterocycles. The van der Waals surface area contributed by atoms with Crippen LogP contribution in [0, 0.1) is 0 Å². The lowest BCUT2D eigenvalue weighted by Gasteiger charge is -2.28. The average Bonchev–Trinajstić information content (AvgIpc) is 2.03. The Bertz CT molecular complexity index is 152. The lowest BCUT2D eigenvalue weighted by atomic mass is 10.2. The zero-order valence-electron chi connectivity index (χ0n) is 7.46. The van der Waals surface area contributed by atoms with Crippen molar-refractivity contribution in [3.63, 3.8) is 0 Å². The minimum absolute atomic E-state index is 0.0938. The Morgan fingerprint density at radius 3 is 2.82 bits per heavy atom. The maximum absolute atomic E-state index is 5.55. The molecule has 0 aromatic rings. The first kappa shape index (κ1) is 8.75. The Balaban J connectivity index is 2.46. The van der Waals surface area contributed by atoms with Crippen LogP contribution in [0.15, 0.2) is 11.6 Å². The molecular formula is C9H16O2. The van der Waals surface area contributed by atoms with E-state index in [1.54, 1.807) is 0 Å². The third kappa shape index (κ3) is 2.31. The molecule has 1 rings (SSSR count). The SMILES string of the molecule is C/C=C(\C)C1OCCC(C)O1. The number of ether oxygens (including phenoxy) is 2. The zero-order chi connectivity index (χ0) is 8.27. The number of hydrogen-bond acceptors (Lipinski definition) is 2. The van der Waals surface area contributed by atoms with Crippen molar-refractivity contribution in [2.75, 3.05) is 6.61 Å². The molecule has 2 atom stereocenters. The van der Waals surface area contributed by atoms with Crippen molar-refractivity contribution in [1.82, 2.24) is 0 Å². The summed E-state index contributed by atoms with van der Waals surface area (Å²) in [7, 11) is 0. The van der Waals surface area contributed by atoms with Crippen LogP contribution in [-0.2, 0) is 9.47 Å². The van der Waals surface area contributed by atoms with Crippen molar-refractivity contribution in [1.29, 1.82) is 0 Å². The fraction of sp³-hybridized carbons (Fsp3) is 0.778. The topological polar surface area (TPSA) is 18.5 Å². The highest BCUT2D eigenvalue weighted by Gasteiger charge is 2.19. The van der Waals surface area contributed by atoms with E-state index in [0.717, 1.165) is 18.6 Å². The van der Waals surface area contributed by atoms with Crippen molar-refractivity contribution in [2.24, 2.45) is 0 Å². The highest BCUT2D eigenvalue weighted by atomic mass is 16.7. The summed E-state index contributed by atoms with van der Waals surface area (Å²) in [5.74, 6) is 0. The van der Waals surface area contributed by atoms with Crippen molar-refractivity contribution >= 4 is 0 Å². The Hall–Kier alpha value is -0.340. The fourth-order valence-corrected chi connectivity index (χ4v) is 1.03. The summed E-state index contributed by atoms with van der Waals surface area (Å²) in [5.41, 5.74) is 1.16. The Labute approximate surface area is 68.2 Å². The van der Waals surface area contributed by atoms with E-state index in [9.17, 15) is 0 Å². The van der Waals surface area contributed by atoms with Gasteiger partial charge >= 0.3 is 0 Å². The minimum Gasteiger partial charge on any atom is -0.349 e. The van der Waals surface area contributed by atoms with Gasteiger partial charge in [-0.05, 0) is 32.8 Å². The standard InChI is InChI=1S/C9H16O2/c1-4-7(2)9-10-6-5-8(3)11-9/h4,8-9H,5-6H2,1-3H3/b7-4+. The minimum atomic E-state index is -0.0938. The summed E-state index contributed by atoms with van der Waals surface area (Å²) in [4.78, 5) is 0. The summed E-state index contributed by atoms with van der Waals surface area (Å²) in [6, 6.07) is 0. The normalized spacial score (nSPS) is 33.9. The maximum Gasteiger partial charge on any atom is 0.179 e. The van der Waals surface area contributed by atoms with Crippen molar-refractivity contribution in [2.45, 2.75) is 39.6 Å². The first-order chi connectivity index (χ1) is 5.24. The van der Waals surface area contributed by atoms with Gasteiger partial charge in [-0.15, -0.1) is 0 Å². The monoisotopic (exact) mass is 156 g/mol. The van der Waals surface area contributed by atoms with Gasteiger partial charge in [0, 0.05) is 0 Å². The van der Waals surface area contributed by atoms with E-state index in [2.05, 4.69) is 6.92 Å². The van der Waals surface area contributed by atoms with Gasteiger partial charge in [-0.3, -0.25) is 0 Å². The average molecular weight is 156 g/mol. The molecule has 0 radical (unpaired) electrons. The Morgan fingerprint density at radius 2 is 2.27 bits per heavy atom. The maximum atomic E-state index is 5.55. The van der Waals surface area contributed by atoms with Crippen LogP contribution in [0.2, 0.25) is 0 Å². The van der Waals surface area contributed by atoms with E-state index in [-0.39, 0.29) is 6.29 Å². The molecule has 1 aliphatic rings. The number of allylic oxidation sites excluding steroid dienone is 1. The van der Waals surface area contributed by atoms with Crippen LogP contribution in [0.1, 0.15) is 27.2 Å². The van der Waals surface area contributed by atoms with E-state index >= 15 is 0 Å². The molecule has 0 spiro atoms. The molecule has 2 unspecified atom stereocenters. The molecule has 2 heteroatoms. The Morgan fingerprint density at radius 1 is 1.55 bits per heavy atom. The quantitative estimate of drug-likeness (QED) is 0.541. The first-order valence-electron chi connectivity index (χ1n) is 4.14. The first-order valence-corrected chi connectivity index (χ1v) is 4.14. The van der Waals surface area contributed by atoms with Gasteiger partial charge in [-0.2, -0.15) is 0 Å². The third-order valence-electron chi connectivity index (χ3n) is 1.98. The lowest BCUT2D eigenvalue weighted by Crippen LogP contribution is -2.31. The van der Waals surface area contributed by atoms with Crippen LogP contribution in [0.4, 0.5) is 0 Å². The number of hydrogen-bond donors (Lipinski definition) is 0.